The molecule has 5 rings (SSSR count). The van der Waals surface area contributed by atoms with Crippen LogP contribution >= 0.6 is 0 Å². The Kier molecular flexibility index (Phi) is 6.94. The number of nitrogens with one attached hydrogen (secondary N) is 2. The van der Waals surface area contributed by atoms with Crippen molar-refractivity contribution in [3.63, 3.8) is 0 Å². The van der Waals surface area contributed by atoms with Gasteiger partial charge in [-0.05, 0) is 23.3 Å². The van der Waals surface area contributed by atoms with E-state index < -0.39 is 66.7 Å². The van der Waals surface area contributed by atoms with Gasteiger partial charge in [-0.1, -0.05) is 42.5 Å². The van der Waals surface area contributed by atoms with E-state index in [0.717, 1.165) is 10.6 Å². The Morgan fingerprint density at radius 1 is 1.08 bits per heavy atom. The number of aliphatic hydroxyl groups is 3. The molecule has 1 unspecified atom stereocenters. The van der Waals surface area contributed by atoms with E-state index in [1.54, 1.807) is 36.4 Å². The number of ether oxygens (including phenoxy) is 2. The maximum absolute atomic E-state index is 13.3. The molecular weight excluding hydrogens is 502 g/mol. The van der Waals surface area contributed by atoms with E-state index in [1.807, 2.05) is 6.07 Å². The number of carbonyl (C=O) groups excluding carboxylic acids is 3. The second-order valence-corrected chi connectivity index (χ2v) is 9.46. The van der Waals surface area contributed by atoms with Gasteiger partial charge in [0, 0.05) is 6.42 Å². The summed E-state index contributed by atoms with van der Waals surface area (Å²) in [5.41, 5.74) is -0.740. The minimum absolute atomic E-state index is 0.0158. The van der Waals surface area contributed by atoms with Crippen molar-refractivity contribution in [1.82, 2.24) is 15.7 Å². The van der Waals surface area contributed by atoms with E-state index in [0.29, 0.717) is 5.56 Å². The van der Waals surface area contributed by atoms with Crippen LogP contribution in [0.3, 0.4) is 0 Å². The number of hydrogen-bond acceptors (Lipinski definition) is 11. The normalized spacial score (nSPS) is 30.7. The number of phenols is 1. The molecule has 3 saturated heterocycles. The highest BCUT2D eigenvalue weighted by Crippen LogP contribution is 2.42. The molecule has 2 amide bonds. The average Bonchev–Trinajstić information content (AvgIpc) is 3.35. The summed E-state index contributed by atoms with van der Waals surface area (Å²) in [5.74, 6) is -1.72. The highest BCUT2D eigenvalue weighted by molar-refractivity contribution is 5.91. The van der Waals surface area contributed by atoms with E-state index in [2.05, 4.69) is 10.6 Å². The third kappa shape index (κ3) is 4.77. The molecule has 0 radical (unpaired) electrons. The van der Waals surface area contributed by atoms with Crippen LogP contribution in [0.4, 0.5) is 4.79 Å². The molecule has 13 nitrogen and oxygen atoms in total. The topological polar surface area (TPSA) is 187 Å². The largest absolute Gasteiger partial charge is 0.508 e. The number of hydrogen-bond donors (Lipinski definition) is 6. The zero-order chi connectivity index (χ0) is 27.0. The van der Waals surface area contributed by atoms with Crippen LogP contribution in [0.2, 0.25) is 0 Å². The number of aliphatic hydroxyl groups excluding tert-OH is 2. The van der Waals surface area contributed by atoms with E-state index in [4.69, 9.17) is 14.3 Å². The fraction of sp³-hybridized carbons (Fsp3) is 0.400. The quantitative estimate of drug-likeness (QED) is 0.250. The summed E-state index contributed by atoms with van der Waals surface area (Å²) in [4.78, 5) is 43.7. The molecule has 0 spiro atoms. The Morgan fingerprint density at radius 2 is 1.79 bits per heavy atom. The summed E-state index contributed by atoms with van der Waals surface area (Å²) >= 11 is 0. The fourth-order valence-electron chi connectivity index (χ4n) is 4.84. The first-order valence-electron chi connectivity index (χ1n) is 11.9. The molecule has 6 N–H and O–H groups in total. The standard InChI is InChI=1S/C25H27N3O10/c29-15-8-6-13(7-9-15)10-16(26-24(34)36-11-14-4-2-1-3-5-14)21(32)27-17-18-19(30)25(35)12-37-22(20(25)31)28(18)38-23(17)33/h1-9,16-20,22,29-31,35H,10-12H2,(H,26,34)(H,27,32)/t16-,17?,18-,19-,20-,22-,25+/m0/s1. The fourth-order valence-corrected chi connectivity index (χ4v) is 4.84. The lowest BCUT2D eigenvalue weighted by Crippen LogP contribution is -2.70. The molecule has 3 fully saturated rings. The number of fused-ring (bicyclic) bond motifs is 4. The van der Waals surface area contributed by atoms with Crippen molar-refractivity contribution < 1.29 is 49.1 Å². The minimum atomic E-state index is -2.06. The predicted octanol–water partition coefficient (Wildman–Crippen LogP) is -1.32. The SMILES string of the molecule is O=C(N[C@@H](Cc1ccc(O)cc1)C(=O)NC1C(=O)ON2[C@H]3OC[C@](O)([C@H]3O)[C@@H](O)[C@H]12)OCc1ccccc1. The second kappa shape index (κ2) is 10.2. The Bertz CT molecular complexity index is 1200. The van der Waals surface area contributed by atoms with Crippen molar-refractivity contribution in [2.75, 3.05) is 6.61 Å². The molecule has 13 heteroatoms. The monoisotopic (exact) mass is 529 g/mol. The van der Waals surface area contributed by atoms with Crippen LogP contribution in [0.25, 0.3) is 0 Å². The molecule has 0 aliphatic carbocycles. The molecule has 3 aliphatic rings. The number of carbonyl (C=O) groups is 3. The molecule has 0 saturated carbocycles. The van der Waals surface area contributed by atoms with Crippen LogP contribution in [0, 0.1) is 0 Å². The minimum Gasteiger partial charge on any atom is -0.508 e. The number of nitrogens with zero attached hydrogens (tertiary/aromatic N) is 1. The lowest BCUT2D eigenvalue weighted by molar-refractivity contribution is -0.279. The smallest absolute Gasteiger partial charge is 0.408 e. The van der Waals surface area contributed by atoms with E-state index in [1.165, 1.54) is 12.1 Å². The highest BCUT2D eigenvalue weighted by atomic mass is 16.8. The molecule has 2 bridgehead atoms. The van der Waals surface area contributed by atoms with Gasteiger partial charge in [0.1, 0.15) is 42.2 Å². The zero-order valence-corrected chi connectivity index (χ0v) is 20.0. The summed E-state index contributed by atoms with van der Waals surface area (Å²) in [6.45, 7) is -0.440. The molecule has 0 aromatic heterocycles. The van der Waals surface area contributed by atoms with Crippen LogP contribution < -0.4 is 10.6 Å². The second-order valence-electron chi connectivity index (χ2n) is 9.46. The van der Waals surface area contributed by atoms with E-state index in [9.17, 15) is 34.8 Å². The number of rotatable bonds is 7. The van der Waals surface area contributed by atoms with Crippen LogP contribution in [0.5, 0.6) is 5.75 Å². The van der Waals surface area contributed by atoms with E-state index >= 15 is 0 Å². The van der Waals surface area contributed by atoms with Crippen molar-refractivity contribution in [3.05, 3.63) is 65.7 Å². The first-order valence-corrected chi connectivity index (χ1v) is 11.9. The third-order valence-electron chi connectivity index (χ3n) is 6.93. The van der Waals surface area contributed by atoms with Gasteiger partial charge in [-0.3, -0.25) is 4.79 Å². The van der Waals surface area contributed by atoms with Gasteiger partial charge < -0.3 is 45.4 Å². The predicted molar refractivity (Wildman–Crippen MR) is 126 cm³/mol. The summed E-state index contributed by atoms with van der Waals surface area (Å²) in [5, 5.41) is 47.3. The van der Waals surface area contributed by atoms with E-state index in [-0.39, 0.29) is 18.8 Å². The molecule has 7 atom stereocenters. The van der Waals surface area contributed by atoms with Gasteiger partial charge in [-0.25, -0.2) is 9.59 Å². The van der Waals surface area contributed by atoms with Gasteiger partial charge in [0.25, 0.3) is 0 Å². The van der Waals surface area contributed by atoms with Gasteiger partial charge in [-0.2, -0.15) is 0 Å². The molecule has 3 heterocycles. The average molecular weight is 530 g/mol. The van der Waals surface area contributed by atoms with Gasteiger partial charge in [0.15, 0.2) is 12.3 Å². The van der Waals surface area contributed by atoms with Crippen molar-refractivity contribution in [3.8, 4) is 5.75 Å². The number of piperidine rings is 1. The summed E-state index contributed by atoms with van der Waals surface area (Å²) in [6.07, 6.45) is -5.38. The maximum atomic E-state index is 13.3. The first-order chi connectivity index (χ1) is 18.2. The van der Waals surface area contributed by atoms with Crippen LogP contribution in [-0.2, 0) is 36.9 Å². The maximum Gasteiger partial charge on any atom is 0.408 e. The molecular formula is C25H27N3O10. The highest BCUT2D eigenvalue weighted by Gasteiger charge is 2.69. The summed E-state index contributed by atoms with van der Waals surface area (Å²) in [7, 11) is 0. The lowest BCUT2D eigenvalue weighted by Gasteiger charge is -2.43. The Balaban J connectivity index is 1.31. The molecule has 2 aromatic carbocycles. The third-order valence-corrected chi connectivity index (χ3v) is 6.93. The zero-order valence-electron chi connectivity index (χ0n) is 20.0. The molecule has 202 valence electrons. The van der Waals surface area contributed by atoms with Gasteiger partial charge in [0.2, 0.25) is 5.91 Å². The summed E-state index contributed by atoms with van der Waals surface area (Å²) < 4.78 is 10.5. The molecule has 38 heavy (non-hydrogen) atoms. The number of phenolic OH excluding ortho intramolecular Hbond substituents is 1. The van der Waals surface area contributed by atoms with Crippen molar-refractivity contribution >= 4 is 18.0 Å². The summed E-state index contributed by atoms with van der Waals surface area (Å²) in [6, 6.07) is 11.0. The van der Waals surface area contributed by atoms with Gasteiger partial charge in [0.05, 0.1) is 6.61 Å². The Hall–Kier alpha value is -3.75. The Morgan fingerprint density at radius 3 is 2.50 bits per heavy atom. The first kappa shape index (κ1) is 25.9. The van der Waals surface area contributed by atoms with Crippen LogP contribution in [-0.4, -0.2) is 92.2 Å². The number of alkyl carbamates (subject to hydrolysis) is 1. The van der Waals surface area contributed by atoms with Crippen LogP contribution in [0.15, 0.2) is 54.6 Å². The van der Waals surface area contributed by atoms with Crippen molar-refractivity contribution in [2.45, 2.75) is 55.2 Å². The number of hydroxylamine groups is 2. The van der Waals surface area contributed by atoms with Gasteiger partial charge in [-0.15, -0.1) is 5.06 Å². The lowest BCUT2D eigenvalue weighted by atomic mass is 9.81. The molecule has 2 aromatic rings. The Labute approximate surface area is 216 Å². The molecule has 3 aliphatic heterocycles. The van der Waals surface area contributed by atoms with Crippen molar-refractivity contribution in [1.29, 1.82) is 0 Å². The van der Waals surface area contributed by atoms with Gasteiger partial charge >= 0.3 is 12.1 Å². The van der Waals surface area contributed by atoms with Crippen molar-refractivity contribution in [2.24, 2.45) is 0 Å². The van der Waals surface area contributed by atoms with Crippen LogP contribution in [0.1, 0.15) is 11.1 Å². The number of benzene rings is 2. The number of amides is 2. The number of aromatic hydroxyl groups is 1.